The van der Waals surface area contributed by atoms with E-state index in [9.17, 15) is 24.1 Å². The fraction of sp³-hybridized carbons (Fsp3) is 0.757. The third-order valence-electron chi connectivity index (χ3n) is 8.41. The summed E-state index contributed by atoms with van der Waals surface area (Å²) in [7, 11) is -4.79. The van der Waals surface area contributed by atoms with Crippen LogP contribution in [0.3, 0.4) is 0 Å². The van der Waals surface area contributed by atoms with E-state index in [0.29, 0.717) is 32.1 Å². The molecule has 3 N–H and O–H groups in total. The Morgan fingerprint density at radius 1 is 0.833 bits per heavy atom. The second-order valence-electron chi connectivity index (χ2n) is 12.9. The zero-order valence-electron chi connectivity index (χ0n) is 29.5. The summed E-state index contributed by atoms with van der Waals surface area (Å²) in [5.74, 6) is -1.24. The zero-order chi connectivity index (χ0) is 35.5. The molecule has 48 heavy (non-hydrogen) atoms. The van der Waals surface area contributed by atoms with Crippen LogP contribution < -0.4 is 0 Å². The van der Waals surface area contributed by atoms with E-state index in [2.05, 4.69) is 18.4 Å². The summed E-state index contributed by atoms with van der Waals surface area (Å²) < 4.78 is 26.2. The van der Waals surface area contributed by atoms with Crippen molar-refractivity contribution in [2.75, 3.05) is 13.2 Å². The summed E-state index contributed by atoms with van der Waals surface area (Å²) in [6, 6.07) is 0. The number of ketones is 1. The molecule has 0 radical (unpaired) electrons. The number of phosphoric ester groups is 1. The molecule has 0 unspecified atom stereocenters. The minimum Gasteiger partial charge on any atom is -0.462 e. The number of ether oxygens (including phenoxy) is 2. The number of phosphoric acid groups is 1. The van der Waals surface area contributed by atoms with Gasteiger partial charge in [-0.1, -0.05) is 128 Å². The Labute approximate surface area is 289 Å². The Morgan fingerprint density at radius 3 is 2.08 bits per heavy atom. The molecule has 0 aliphatic heterocycles. The van der Waals surface area contributed by atoms with E-state index in [1.54, 1.807) is 12.2 Å². The van der Waals surface area contributed by atoms with Crippen molar-refractivity contribution < 1.29 is 47.8 Å². The number of hydrogen-bond acceptors (Lipinski definition) is 8. The fourth-order valence-electron chi connectivity index (χ4n) is 5.54. The summed E-state index contributed by atoms with van der Waals surface area (Å²) >= 11 is 0. The molecule has 0 saturated carbocycles. The van der Waals surface area contributed by atoms with E-state index in [-0.39, 0.29) is 37.1 Å². The highest BCUT2D eigenvalue weighted by atomic mass is 31.2. The molecule has 1 aliphatic carbocycles. The number of carbonyl (C=O) groups excluding carboxylic acids is 3. The van der Waals surface area contributed by atoms with Crippen LogP contribution in [0, 0.1) is 11.8 Å². The average molecular weight is 699 g/mol. The first-order chi connectivity index (χ1) is 23.1. The zero-order valence-corrected chi connectivity index (χ0v) is 30.4. The van der Waals surface area contributed by atoms with Crippen LogP contribution in [0.1, 0.15) is 142 Å². The maximum atomic E-state index is 12.3. The molecule has 0 heterocycles. The average Bonchev–Trinajstić information content (AvgIpc) is 3.39. The van der Waals surface area contributed by atoms with E-state index in [1.807, 2.05) is 24.3 Å². The lowest BCUT2D eigenvalue weighted by molar-refractivity contribution is -0.161. The Morgan fingerprint density at radius 2 is 1.44 bits per heavy atom. The molecule has 11 heteroatoms. The number of unbranched alkanes of at least 4 members (excludes halogenated alkanes) is 13. The number of rotatable bonds is 30. The van der Waals surface area contributed by atoms with E-state index in [0.717, 1.165) is 38.5 Å². The molecule has 4 atom stereocenters. The fourth-order valence-corrected chi connectivity index (χ4v) is 5.90. The maximum absolute atomic E-state index is 12.3. The van der Waals surface area contributed by atoms with Crippen LogP contribution in [0.2, 0.25) is 0 Å². The van der Waals surface area contributed by atoms with E-state index in [4.69, 9.17) is 19.3 Å². The van der Waals surface area contributed by atoms with Crippen molar-refractivity contribution in [3.05, 3.63) is 36.5 Å². The van der Waals surface area contributed by atoms with Crippen LogP contribution in [0.4, 0.5) is 0 Å². The first-order valence-corrected chi connectivity index (χ1v) is 19.9. The topological polar surface area (TPSA) is 157 Å². The van der Waals surface area contributed by atoms with Crippen LogP contribution in [-0.4, -0.2) is 58.0 Å². The van der Waals surface area contributed by atoms with Crippen LogP contribution in [-0.2, 0) is 32.9 Å². The standard InChI is InChI=1S/C37H63O10P/c1-3-5-7-8-9-10-11-12-13-14-20-24-37(41)47-33(30-46-48(42,43)44)29-45-36(40)23-19-16-15-18-21-31-25-28-35(39)34(31)27-26-32(38)22-17-6-4-2/h15,18,25-28,31-34,38H,3-14,16-17,19-24,29-30H2,1-2H3,(H2,42,43,44)/b18-15-,27-26+/t31-,32-,33+,34+/m0/s1. The second kappa shape index (κ2) is 27.7. The Balaban J connectivity index is 2.32. The molecule has 276 valence electrons. The molecule has 0 fully saturated rings. The molecule has 1 aliphatic rings. The molecule has 0 aromatic carbocycles. The minimum absolute atomic E-state index is 0.0303. The molecule has 0 bridgehead atoms. The van der Waals surface area contributed by atoms with Crippen LogP contribution >= 0.6 is 7.82 Å². The number of allylic oxidation sites excluding steroid dienone is 5. The lowest BCUT2D eigenvalue weighted by atomic mass is 9.90. The Bertz CT molecular complexity index is 1020. The van der Waals surface area contributed by atoms with E-state index < -0.39 is 38.6 Å². The van der Waals surface area contributed by atoms with Crippen molar-refractivity contribution in [2.24, 2.45) is 11.8 Å². The molecular formula is C37H63O10P. The molecular weight excluding hydrogens is 635 g/mol. The monoisotopic (exact) mass is 698 g/mol. The highest BCUT2D eigenvalue weighted by Gasteiger charge is 2.27. The predicted molar refractivity (Wildman–Crippen MR) is 188 cm³/mol. The Kier molecular flexibility index (Phi) is 25.3. The molecule has 0 aromatic heterocycles. The van der Waals surface area contributed by atoms with Gasteiger partial charge in [0.15, 0.2) is 11.9 Å². The smallest absolute Gasteiger partial charge is 0.462 e. The van der Waals surface area contributed by atoms with Crippen LogP contribution in [0.25, 0.3) is 0 Å². The molecule has 0 amide bonds. The third-order valence-corrected chi connectivity index (χ3v) is 8.89. The van der Waals surface area contributed by atoms with Gasteiger partial charge in [0.1, 0.15) is 6.61 Å². The van der Waals surface area contributed by atoms with Gasteiger partial charge in [0, 0.05) is 18.8 Å². The van der Waals surface area contributed by atoms with Crippen molar-refractivity contribution in [3.8, 4) is 0 Å². The van der Waals surface area contributed by atoms with Gasteiger partial charge >= 0.3 is 19.8 Å². The van der Waals surface area contributed by atoms with Crippen molar-refractivity contribution in [3.63, 3.8) is 0 Å². The summed E-state index contributed by atoms with van der Waals surface area (Å²) in [4.78, 5) is 55.1. The number of aliphatic hydroxyl groups excluding tert-OH is 1. The molecule has 0 aromatic rings. The van der Waals surface area contributed by atoms with Gasteiger partial charge < -0.3 is 24.4 Å². The molecule has 10 nitrogen and oxygen atoms in total. The van der Waals surface area contributed by atoms with Crippen LogP contribution in [0.15, 0.2) is 36.5 Å². The SMILES string of the molecule is CCCCCCCCCCCCCC(=O)O[C@H](COC(=O)CCC/C=C\C[C@H]1C=CC(=O)[C@@H]1/C=C/[C@@H](O)CCCCC)COP(=O)(O)O. The maximum Gasteiger partial charge on any atom is 0.469 e. The van der Waals surface area contributed by atoms with Crippen molar-refractivity contribution in [1.29, 1.82) is 0 Å². The van der Waals surface area contributed by atoms with Gasteiger partial charge in [0.2, 0.25) is 0 Å². The third kappa shape index (κ3) is 24.1. The molecule has 1 rings (SSSR count). The van der Waals surface area contributed by atoms with Gasteiger partial charge in [0.25, 0.3) is 0 Å². The van der Waals surface area contributed by atoms with Gasteiger partial charge in [-0.2, -0.15) is 0 Å². The van der Waals surface area contributed by atoms with E-state index in [1.165, 1.54) is 44.9 Å². The summed E-state index contributed by atoms with van der Waals surface area (Å²) in [5, 5.41) is 10.2. The summed E-state index contributed by atoms with van der Waals surface area (Å²) in [6.07, 6.45) is 27.9. The van der Waals surface area contributed by atoms with Crippen molar-refractivity contribution >= 4 is 25.5 Å². The highest BCUT2D eigenvalue weighted by Crippen LogP contribution is 2.36. The largest absolute Gasteiger partial charge is 0.469 e. The van der Waals surface area contributed by atoms with Crippen molar-refractivity contribution in [1.82, 2.24) is 0 Å². The number of esters is 2. The quantitative estimate of drug-likeness (QED) is 0.0289. The number of carbonyl (C=O) groups is 3. The molecule has 0 saturated heterocycles. The predicted octanol–water partition coefficient (Wildman–Crippen LogP) is 8.24. The minimum atomic E-state index is -4.79. The first-order valence-electron chi connectivity index (χ1n) is 18.3. The Hall–Kier alpha value is -2.10. The van der Waals surface area contributed by atoms with Gasteiger partial charge in [-0.3, -0.25) is 18.9 Å². The lowest BCUT2D eigenvalue weighted by Crippen LogP contribution is -2.29. The highest BCUT2D eigenvalue weighted by molar-refractivity contribution is 7.46. The van der Waals surface area contributed by atoms with Crippen LogP contribution in [0.5, 0.6) is 0 Å². The van der Waals surface area contributed by atoms with Gasteiger partial charge in [-0.15, -0.1) is 0 Å². The van der Waals surface area contributed by atoms with E-state index >= 15 is 0 Å². The normalized spacial score (nSPS) is 17.8. The second-order valence-corrected chi connectivity index (χ2v) is 14.1. The first kappa shape index (κ1) is 43.9. The van der Waals surface area contributed by atoms with Gasteiger partial charge in [0.05, 0.1) is 12.7 Å². The van der Waals surface area contributed by atoms with Gasteiger partial charge in [-0.05, 0) is 44.1 Å². The number of hydrogen-bond donors (Lipinski definition) is 3. The van der Waals surface area contributed by atoms with Gasteiger partial charge in [-0.25, -0.2) is 4.57 Å². The summed E-state index contributed by atoms with van der Waals surface area (Å²) in [6.45, 7) is 3.38. The molecule has 0 spiro atoms. The number of aliphatic hydroxyl groups is 1. The van der Waals surface area contributed by atoms with Crippen molar-refractivity contribution in [2.45, 2.75) is 154 Å². The lowest BCUT2D eigenvalue weighted by Gasteiger charge is -2.18. The summed E-state index contributed by atoms with van der Waals surface area (Å²) in [5.41, 5.74) is 0.